The SMILES string of the molecule is Cc1cc2[nH]c(O[C@@H]3COC4C3OC[C@H]4O)nc2nc1-c1ccc(-n2cc[nH]c2=O)cc1. The number of hydrogen-bond donors (Lipinski definition) is 3. The molecule has 2 aliphatic rings. The molecule has 32 heavy (non-hydrogen) atoms. The molecule has 0 aliphatic carbocycles. The zero-order valence-corrected chi connectivity index (χ0v) is 17.2. The third-order valence-corrected chi connectivity index (χ3v) is 5.95. The van der Waals surface area contributed by atoms with E-state index >= 15 is 0 Å². The van der Waals surface area contributed by atoms with Gasteiger partial charge in [-0.25, -0.2) is 9.78 Å². The largest absolute Gasteiger partial charge is 0.456 e. The van der Waals surface area contributed by atoms with Crippen LogP contribution in [-0.2, 0) is 9.47 Å². The van der Waals surface area contributed by atoms with Crippen molar-refractivity contribution in [2.24, 2.45) is 0 Å². The summed E-state index contributed by atoms with van der Waals surface area (Å²) in [4.78, 5) is 26.8. The standard InChI is InChI=1S/C22H21N5O5/c1-11-8-14-20(26-21(24-14)32-16-10-31-18-15(28)9-30-19(16)18)25-17(11)12-2-4-13(5-3-12)27-7-6-23-22(27)29/h2-8,15-16,18-19,28H,9-10H2,1H3,(H,23,29)(H,24,25,26)/t15-,16-,18?,19?/m1/s1. The van der Waals surface area contributed by atoms with Crippen LogP contribution in [0, 0.1) is 6.92 Å². The van der Waals surface area contributed by atoms with E-state index in [1.54, 1.807) is 12.4 Å². The van der Waals surface area contributed by atoms with Crippen molar-refractivity contribution in [2.45, 2.75) is 31.3 Å². The summed E-state index contributed by atoms with van der Waals surface area (Å²) in [6.07, 6.45) is 1.65. The van der Waals surface area contributed by atoms with E-state index in [-0.39, 0.29) is 30.6 Å². The molecule has 164 valence electrons. The van der Waals surface area contributed by atoms with Crippen LogP contribution in [0.25, 0.3) is 28.1 Å². The Kier molecular flexibility index (Phi) is 4.39. The fourth-order valence-electron chi connectivity index (χ4n) is 4.36. The Hall–Kier alpha value is -3.47. The monoisotopic (exact) mass is 435 g/mol. The topological polar surface area (TPSA) is 127 Å². The van der Waals surface area contributed by atoms with Crippen molar-refractivity contribution in [3.8, 4) is 23.0 Å². The minimum Gasteiger partial charge on any atom is -0.456 e. The second-order valence-electron chi connectivity index (χ2n) is 8.07. The fourth-order valence-corrected chi connectivity index (χ4v) is 4.36. The summed E-state index contributed by atoms with van der Waals surface area (Å²) in [5.74, 6) is 0. The zero-order valence-electron chi connectivity index (χ0n) is 17.2. The van der Waals surface area contributed by atoms with Crippen molar-refractivity contribution in [3.05, 3.63) is 58.8 Å². The summed E-state index contributed by atoms with van der Waals surface area (Å²) in [6, 6.07) is 9.93. The van der Waals surface area contributed by atoms with E-state index in [1.165, 1.54) is 4.57 Å². The lowest BCUT2D eigenvalue weighted by molar-refractivity contribution is 0.00706. The lowest BCUT2D eigenvalue weighted by Crippen LogP contribution is -2.34. The Morgan fingerprint density at radius 1 is 1.16 bits per heavy atom. The van der Waals surface area contributed by atoms with E-state index in [2.05, 4.69) is 15.0 Å². The van der Waals surface area contributed by atoms with Gasteiger partial charge in [0.2, 0.25) is 0 Å². The summed E-state index contributed by atoms with van der Waals surface area (Å²) in [5.41, 5.74) is 4.58. The number of aryl methyl sites for hydroxylation is 1. The molecule has 4 aromatic rings. The molecule has 2 saturated heterocycles. The third-order valence-electron chi connectivity index (χ3n) is 5.95. The number of H-pyrrole nitrogens is 2. The second-order valence-corrected chi connectivity index (χ2v) is 8.07. The molecule has 6 rings (SSSR count). The average molecular weight is 435 g/mol. The second kappa shape index (κ2) is 7.30. The first-order valence-corrected chi connectivity index (χ1v) is 10.4. The minimum atomic E-state index is -0.626. The van der Waals surface area contributed by atoms with Gasteiger partial charge in [-0.05, 0) is 30.7 Å². The normalized spacial score (nSPS) is 24.8. The van der Waals surface area contributed by atoms with E-state index in [1.807, 2.05) is 37.3 Å². The van der Waals surface area contributed by atoms with Crippen molar-refractivity contribution in [3.63, 3.8) is 0 Å². The quantitative estimate of drug-likeness (QED) is 0.441. The number of hydrogen-bond acceptors (Lipinski definition) is 7. The maximum atomic E-state index is 11.8. The summed E-state index contributed by atoms with van der Waals surface area (Å²) >= 11 is 0. The minimum absolute atomic E-state index is 0.186. The summed E-state index contributed by atoms with van der Waals surface area (Å²) in [6.45, 7) is 2.56. The summed E-state index contributed by atoms with van der Waals surface area (Å²) in [5, 5.41) is 9.89. The number of rotatable bonds is 4. The highest BCUT2D eigenvalue weighted by Crippen LogP contribution is 2.31. The first kappa shape index (κ1) is 19.2. The lowest BCUT2D eigenvalue weighted by atomic mass is 10.1. The molecule has 10 heteroatoms. The molecule has 0 bridgehead atoms. The molecule has 5 heterocycles. The number of aliphatic hydroxyl groups is 1. The molecule has 1 aromatic carbocycles. The van der Waals surface area contributed by atoms with Gasteiger partial charge in [-0.1, -0.05) is 12.1 Å². The maximum absolute atomic E-state index is 11.8. The van der Waals surface area contributed by atoms with Crippen LogP contribution in [0.5, 0.6) is 6.01 Å². The predicted octanol–water partition coefficient (Wildman–Crippen LogP) is 1.32. The van der Waals surface area contributed by atoms with Crippen LogP contribution in [-0.4, -0.2) is 67.2 Å². The van der Waals surface area contributed by atoms with Crippen molar-refractivity contribution in [1.29, 1.82) is 0 Å². The van der Waals surface area contributed by atoms with Gasteiger partial charge in [0.1, 0.15) is 18.3 Å². The van der Waals surface area contributed by atoms with Crippen molar-refractivity contribution in [2.75, 3.05) is 13.2 Å². The van der Waals surface area contributed by atoms with Crippen molar-refractivity contribution >= 4 is 11.2 Å². The lowest BCUT2D eigenvalue weighted by Gasteiger charge is -2.15. The zero-order chi connectivity index (χ0) is 21.8. The number of fused-ring (bicyclic) bond motifs is 2. The molecule has 3 N–H and O–H groups in total. The molecule has 0 amide bonds. The van der Waals surface area contributed by atoms with Crippen LogP contribution in [0.2, 0.25) is 0 Å². The molecule has 2 aliphatic heterocycles. The molecular formula is C22H21N5O5. The van der Waals surface area contributed by atoms with Crippen LogP contribution >= 0.6 is 0 Å². The van der Waals surface area contributed by atoms with Gasteiger partial charge in [-0.2, -0.15) is 4.98 Å². The van der Waals surface area contributed by atoms with Crippen LogP contribution < -0.4 is 10.4 Å². The van der Waals surface area contributed by atoms with Gasteiger partial charge in [0.25, 0.3) is 6.01 Å². The van der Waals surface area contributed by atoms with Gasteiger partial charge in [-0.15, -0.1) is 0 Å². The van der Waals surface area contributed by atoms with E-state index in [0.717, 1.165) is 28.0 Å². The van der Waals surface area contributed by atoms with Gasteiger partial charge < -0.3 is 29.3 Å². The van der Waals surface area contributed by atoms with Gasteiger partial charge in [0.15, 0.2) is 11.8 Å². The van der Waals surface area contributed by atoms with Gasteiger partial charge in [0, 0.05) is 18.0 Å². The first-order valence-electron chi connectivity index (χ1n) is 10.4. The molecule has 3 aromatic heterocycles. The highest BCUT2D eigenvalue weighted by atomic mass is 16.6. The molecule has 10 nitrogen and oxygen atoms in total. The van der Waals surface area contributed by atoms with E-state index in [4.69, 9.17) is 19.2 Å². The number of pyridine rings is 1. The Morgan fingerprint density at radius 2 is 1.97 bits per heavy atom. The van der Waals surface area contributed by atoms with Crippen molar-refractivity contribution < 1.29 is 19.3 Å². The number of nitrogens with one attached hydrogen (secondary N) is 2. The van der Waals surface area contributed by atoms with Crippen LogP contribution in [0.3, 0.4) is 0 Å². The maximum Gasteiger partial charge on any atom is 0.330 e. The number of ether oxygens (including phenoxy) is 3. The van der Waals surface area contributed by atoms with Crippen LogP contribution in [0.15, 0.2) is 47.5 Å². The Bertz CT molecular complexity index is 1340. The number of aromatic amines is 2. The number of imidazole rings is 2. The fraction of sp³-hybridized carbons (Fsp3) is 0.318. The average Bonchev–Trinajstić information content (AvgIpc) is 3.55. The van der Waals surface area contributed by atoms with E-state index in [9.17, 15) is 9.90 Å². The van der Waals surface area contributed by atoms with E-state index < -0.39 is 6.10 Å². The highest BCUT2D eigenvalue weighted by molar-refractivity contribution is 5.78. The van der Waals surface area contributed by atoms with Crippen molar-refractivity contribution in [1.82, 2.24) is 24.5 Å². The van der Waals surface area contributed by atoms with Crippen LogP contribution in [0.1, 0.15) is 5.56 Å². The first-order chi connectivity index (χ1) is 15.6. The van der Waals surface area contributed by atoms with Gasteiger partial charge >= 0.3 is 5.69 Å². The number of benzene rings is 1. The molecule has 0 radical (unpaired) electrons. The molecule has 2 unspecified atom stereocenters. The number of nitrogens with zero attached hydrogens (tertiary/aromatic N) is 3. The number of aliphatic hydroxyl groups excluding tert-OH is 1. The molecule has 0 spiro atoms. The summed E-state index contributed by atoms with van der Waals surface area (Å²) < 4.78 is 18.7. The molecular weight excluding hydrogens is 414 g/mol. The third kappa shape index (κ3) is 3.11. The Labute approximate surface area is 181 Å². The molecule has 4 atom stereocenters. The summed E-state index contributed by atoms with van der Waals surface area (Å²) in [7, 11) is 0. The van der Waals surface area contributed by atoms with E-state index in [0.29, 0.717) is 18.3 Å². The molecule has 0 saturated carbocycles. The van der Waals surface area contributed by atoms with Gasteiger partial charge in [0.05, 0.1) is 30.1 Å². The Balaban J connectivity index is 1.27. The van der Waals surface area contributed by atoms with Gasteiger partial charge in [-0.3, -0.25) is 4.57 Å². The highest BCUT2D eigenvalue weighted by Gasteiger charge is 2.48. The predicted molar refractivity (Wildman–Crippen MR) is 114 cm³/mol. The molecule has 2 fully saturated rings. The Morgan fingerprint density at radius 3 is 2.75 bits per heavy atom. The smallest absolute Gasteiger partial charge is 0.330 e. The number of aromatic nitrogens is 5. The van der Waals surface area contributed by atoms with Crippen LogP contribution in [0.4, 0.5) is 0 Å².